The molecule has 0 aliphatic rings. The van der Waals surface area contributed by atoms with Crippen molar-refractivity contribution in [2.75, 3.05) is 0 Å². The molecule has 2 N–H and O–H groups in total. The largest absolute Gasteiger partial charge is 0.324 e. The normalized spacial score (nSPS) is 13.3. The Morgan fingerprint density at radius 3 is 2.53 bits per heavy atom. The van der Waals surface area contributed by atoms with Gasteiger partial charge < -0.3 is 5.73 Å². The van der Waals surface area contributed by atoms with Gasteiger partial charge in [-0.05, 0) is 18.6 Å². The minimum absolute atomic E-state index is 0.0231. The number of nitrogens with two attached hydrogens (primary N) is 1. The Bertz CT molecular complexity index is 563. The van der Waals surface area contributed by atoms with Crippen molar-refractivity contribution in [3.63, 3.8) is 0 Å². The summed E-state index contributed by atoms with van der Waals surface area (Å²) >= 11 is 0. The zero-order chi connectivity index (χ0) is 11.2. The molecule has 2 rings (SSSR count). The van der Waals surface area contributed by atoms with Crippen LogP contribution in [0.5, 0.6) is 0 Å². The first-order valence-electron chi connectivity index (χ1n) is 4.94. The average molecular weight is 205 g/mol. The molecule has 1 unspecified atom stereocenters. The first-order valence-corrected chi connectivity index (χ1v) is 4.94. The summed E-state index contributed by atoms with van der Waals surface area (Å²) in [7, 11) is 3.63. The molecule has 80 valence electrons. The fourth-order valence-corrected chi connectivity index (χ4v) is 1.92. The second-order valence-electron chi connectivity index (χ2n) is 3.88. The van der Waals surface area contributed by atoms with Gasteiger partial charge in [0.2, 0.25) is 0 Å². The molecule has 15 heavy (non-hydrogen) atoms. The monoisotopic (exact) mass is 205 g/mol. The quantitative estimate of drug-likeness (QED) is 0.752. The third-order valence-corrected chi connectivity index (χ3v) is 2.86. The highest BCUT2D eigenvalue weighted by molar-refractivity contribution is 5.82. The van der Waals surface area contributed by atoms with Gasteiger partial charge in [-0.2, -0.15) is 0 Å². The Balaban J connectivity index is 2.98. The molecule has 1 atom stereocenters. The van der Waals surface area contributed by atoms with Gasteiger partial charge in [0.15, 0.2) is 0 Å². The van der Waals surface area contributed by atoms with Crippen LogP contribution < -0.4 is 11.3 Å². The molecule has 0 amide bonds. The molecule has 0 saturated heterocycles. The van der Waals surface area contributed by atoms with Crippen LogP contribution in [0.1, 0.15) is 18.5 Å². The summed E-state index contributed by atoms with van der Waals surface area (Å²) in [6.07, 6.45) is 0. The van der Waals surface area contributed by atoms with Gasteiger partial charge in [0.25, 0.3) is 5.56 Å². The summed E-state index contributed by atoms with van der Waals surface area (Å²) in [6, 6.07) is 5.61. The minimum Gasteiger partial charge on any atom is -0.324 e. The van der Waals surface area contributed by atoms with Crippen LogP contribution in [0.15, 0.2) is 23.0 Å². The molecule has 1 aromatic carbocycles. The molecule has 0 saturated carbocycles. The number of benzene rings is 1. The van der Waals surface area contributed by atoms with Crippen molar-refractivity contribution < 1.29 is 0 Å². The molecule has 0 aliphatic carbocycles. The van der Waals surface area contributed by atoms with Crippen molar-refractivity contribution in [3.8, 4) is 0 Å². The highest BCUT2D eigenvalue weighted by Crippen LogP contribution is 2.20. The maximum Gasteiger partial charge on any atom is 0.274 e. The topological polar surface area (TPSA) is 53.0 Å². The number of fused-ring (bicyclic) bond motifs is 1. The molecule has 4 heteroatoms. The van der Waals surface area contributed by atoms with Crippen LogP contribution >= 0.6 is 0 Å². The standard InChI is InChI=1S/C11H15N3O/c1-7(12)8-5-4-6-9-10(8)13(2)14(3)11(9)15/h4-7H,12H2,1-3H3. The maximum absolute atomic E-state index is 11.8. The van der Waals surface area contributed by atoms with E-state index < -0.39 is 0 Å². The summed E-state index contributed by atoms with van der Waals surface area (Å²) in [6.45, 7) is 1.92. The first-order chi connectivity index (χ1) is 7.04. The van der Waals surface area contributed by atoms with E-state index in [0.29, 0.717) is 0 Å². The molecular formula is C11H15N3O. The maximum atomic E-state index is 11.8. The predicted molar refractivity (Wildman–Crippen MR) is 60.8 cm³/mol. The predicted octanol–water partition coefficient (Wildman–Crippen LogP) is 0.897. The lowest BCUT2D eigenvalue weighted by atomic mass is 10.1. The van der Waals surface area contributed by atoms with Crippen LogP contribution in [-0.2, 0) is 14.1 Å². The minimum atomic E-state index is -0.0679. The van der Waals surface area contributed by atoms with E-state index in [2.05, 4.69) is 0 Å². The van der Waals surface area contributed by atoms with Gasteiger partial charge in [0.05, 0.1) is 10.9 Å². The van der Waals surface area contributed by atoms with E-state index >= 15 is 0 Å². The third-order valence-electron chi connectivity index (χ3n) is 2.86. The van der Waals surface area contributed by atoms with Gasteiger partial charge in [-0.25, -0.2) is 0 Å². The fraction of sp³-hybridized carbons (Fsp3) is 0.364. The average Bonchev–Trinajstić information content (AvgIpc) is 2.44. The second kappa shape index (κ2) is 3.24. The van der Waals surface area contributed by atoms with Gasteiger partial charge in [-0.3, -0.25) is 14.2 Å². The van der Waals surface area contributed by atoms with Crippen LogP contribution in [0, 0.1) is 0 Å². The van der Waals surface area contributed by atoms with Gasteiger partial charge in [0.1, 0.15) is 0 Å². The molecule has 0 radical (unpaired) electrons. The van der Waals surface area contributed by atoms with Gasteiger partial charge in [-0.1, -0.05) is 12.1 Å². The molecule has 0 bridgehead atoms. The van der Waals surface area contributed by atoms with E-state index in [-0.39, 0.29) is 11.6 Å². The van der Waals surface area contributed by atoms with E-state index in [1.165, 1.54) is 0 Å². The smallest absolute Gasteiger partial charge is 0.274 e. The van der Waals surface area contributed by atoms with E-state index in [1.54, 1.807) is 11.7 Å². The lowest BCUT2D eigenvalue weighted by Gasteiger charge is -2.09. The fourth-order valence-electron chi connectivity index (χ4n) is 1.92. The van der Waals surface area contributed by atoms with Crippen molar-refractivity contribution in [2.24, 2.45) is 19.8 Å². The van der Waals surface area contributed by atoms with Crippen LogP contribution in [-0.4, -0.2) is 9.36 Å². The number of para-hydroxylation sites is 1. The summed E-state index contributed by atoms with van der Waals surface area (Å²) in [5.41, 5.74) is 7.84. The Kier molecular flexibility index (Phi) is 2.16. The third kappa shape index (κ3) is 1.29. The molecular weight excluding hydrogens is 190 g/mol. The zero-order valence-corrected chi connectivity index (χ0v) is 9.19. The van der Waals surface area contributed by atoms with E-state index in [0.717, 1.165) is 16.5 Å². The first kappa shape index (κ1) is 9.98. The van der Waals surface area contributed by atoms with Gasteiger partial charge in [0, 0.05) is 20.1 Å². The van der Waals surface area contributed by atoms with Crippen LogP contribution in [0.2, 0.25) is 0 Å². The van der Waals surface area contributed by atoms with Crippen LogP contribution in [0.25, 0.3) is 10.9 Å². The lowest BCUT2D eigenvalue weighted by molar-refractivity contribution is 0.592. The van der Waals surface area contributed by atoms with Crippen molar-refractivity contribution in [1.29, 1.82) is 0 Å². The molecule has 4 nitrogen and oxygen atoms in total. The van der Waals surface area contributed by atoms with Crippen LogP contribution in [0.3, 0.4) is 0 Å². The zero-order valence-electron chi connectivity index (χ0n) is 9.19. The molecule has 2 aromatic rings. The van der Waals surface area contributed by atoms with Crippen molar-refractivity contribution >= 4 is 10.9 Å². The molecule has 0 fully saturated rings. The van der Waals surface area contributed by atoms with Crippen molar-refractivity contribution in [2.45, 2.75) is 13.0 Å². The SMILES string of the molecule is CC(N)c1cccc2c(=O)n(C)n(C)c12. The highest BCUT2D eigenvalue weighted by atomic mass is 16.1. The van der Waals surface area contributed by atoms with E-state index in [9.17, 15) is 4.79 Å². The number of aryl methyl sites for hydroxylation is 1. The number of rotatable bonds is 1. The van der Waals surface area contributed by atoms with E-state index in [1.807, 2.05) is 36.9 Å². The number of hydrogen-bond acceptors (Lipinski definition) is 2. The van der Waals surface area contributed by atoms with E-state index in [4.69, 9.17) is 5.73 Å². The number of nitrogens with zero attached hydrogens (tertiary/aromatic N) is 2. The Morgan fingerprint density at radius 1 is 1.27 bits per heavy atom. The second-order valence-corrected chi connectivity index (χ2v) is 3.88. The van der Waals surface area contributed by atoms with Crippen molar-refractivity contribution in [3.05, 3.63) is 34.1 Å². The van der Waals surface area contributed by atoms with Gasteiger partial charge >= 0.3 is 0 Å². The Labute approximate surface area is 87.9 Å². The van der Waals surface area contributed by atoms with Crippen LogP contribution in [0.4, 0.5) is 0 Å². The summed E-state index contributed by atoms with van der Waals surface area (Å²) in [5.74, 6) is 0. The summed E-state index contributed by atoms with van der Waals surface area (Å²) < 4.78 is 3.44. The number of hydrogen-bond donors (Lipinski definition) is 1. The Morgan fingerprint density at radius 2 is 1.93 bits per heavy atom. The Hall–Kier alpha value is -1.55. The lowest BCUT2D eigenvalue weighted by Crippen LogP contribution is -2.16. The molecule has 1 heterocycles. The van der Waals surface area contributed by atoms with Gasteiger partial charge in [-0.15, -0.1) is 0 Å². The molecule has 1 aromatic heterocycles. The van der Waals surface area contributed by atoms with Crippen molar-refractivity contribution in [1.82, 2.24) is 9.36 Å². The molecule has 0 aliphatic heterocycles. The molecule has 0 spiro atoms. The highest BCUT2D eigenvalue weighted by Gasteiger charge is 2.13. The number of aromatic nitrogens is 2. The summed E-state index contributed by atoms with van der Waals surface area (Å²) in [4.78, 5) is 11.8. The summed E-state index contributed by atoms with van der Waals surface area (Å²) in [5, 5.41) is 0.731.